The molecule has 0 bridgehead atoms. The molecule has 1 amide bonds. The number of amides is 1. The number of rotatable bonds is 4. The van der Waals surface area contributed by atoms with Gasteiger partial charge in [-0.15, -0.1) is 5.10 Å². The van der Waals surface area contributed by atoms with Gasteiger partial charge in [-0.25, -0.2) is 9.97 Å². The van der Waals surface area contributed by atoms with E-state index in [0.717, 1.165) is 10.6 Å². The molecule has 0 fully saturated rings. The summed E-state index contributed by atoms with van der Waals surface area (Å²) >= 11 is 1.31. The number of hydrogen-bond donors (Lipinski definition) is 1. The molecule has 1 N–H and O–H groups in total. The fourth-order valence-electron chi connectivity index (χ4n) is 1.97. The van der Waals surface area contributed by atoms with E-state index in [2.05, 4.69) is 38.7 Å². The third kappa shape index (κ3) is 2.75. The van der Waals surface area contributed by atoms with Gasteiger partial charge in [0.15, 0.2) is 0 Å². The summed E-state index contributed by atoms with van der Waals surface area (Å²) in [5.74, 6) is 0.559. The number of nitrogens with one attached hydrogen (secondary N) is 1. The van der Waals surface area contributed by atoms with Gasteiger partial charge < -0.3 is 5.32 Å². The summed E-state index contributed by atoms with van der Waals surface area (Å²) in [7, 11) is 0. The number of carbonyl (C=O) groups excluding carboxylic acids is 1. The van der Waals surface area contributed by atoms with Gasteiger partial charge in [-0.1, -0.05) is 18.3 Å². The molecule has 0 aliphatic carbocycles. The van der Waals surface area contributed by atoms with Crippen LogP contribution in [0.25, 0.3) is 5.78 Å². The number of imidazole rings is 1. The summed E-state index contributed by atoms with van der Waals surface area (Å²) in [6.07, 6.45) is 5.10. The van der Waals surface area contributed by atoms with Crippen molar-refractivity contribution in [1.29, 1.82) is 0 Å². The van der Waals surface area contributed by atoms with Crippen molar-refractivity contribution in [1.82, 2.24) is 29.3 Å². The Bertz CT molecular complexity index is 745. The van der Waals surface area contributed by atoms with Crippen LogP contribution in [0.2, 0.25) is 0 Å². The van der Waals surface area contributed by atoms with E-state index >= 15 is 0 Å². The van der Waals surface area contributed by atoms with Crippen LogP contribution in [0.5, 0.6) is 0 Å². The molecule has 3 aromatic heterocycles. The molecule has 21 heavy (non-hydrogen) atoms. The molecule has 3 heterocycles. The standard InChI is InChI=1S/C13H14N6OS/c1-8(2)11-10(21-18-17-11)6-15-12(20)9-7-19-5-3-4-14-13(19)16-9/h3-5,7-8H,6H2,1-2H3,(H,15,20). The Morgan fingerprint density at radius 1 is 1.48 bits per heavy atom. The van der Waals surface area contributed by atoms with Crippen molar-refractivity contribution >= 4 is 23.2 Å². The zero-order valence-electron chi connectivity index (χ0n) is 11.6. The van der Waals surface area contributed by atoms with Crippen LogP contribution < -0.4 is 5.32 Å². The van der Waals surface area contributed by atoms with E-state index in [1.807, 2.05) is 0 Å². The van der Waals surface area contributed by atoms with E-state index in [1.54, 1.807) is 29.1 Å². The molecule has 0 aromatic carbocycles. The molecule has 3 aromatic rings. The van der Waals surface area contributed by atoms with Crippen molar-refractivity contribution in [3.63, 3.8) is 0 Å². The molecular formula is C13H14N6OS. The third-order valence-electron chi connectivity index (χ3n) is 3.01. The number of carbonyl (C=O) groups is 1. The van der Waals surface area contributed by atoms with Crippen LogP contribution in [0.1, 0.15) is 40.8 Å². The largest absolute Gasteiger partial charge is 0.346 e. The van der Waals surface area contributed by atoms with Crippen molar-refractivity contribution in [2.45, 2.75) is 26.3 Å². The van der Waals surface area contributed by atoms with Crippen LogP contribution in [-0.4, -0.2) is 29.9 Å². The minimum atomic E-state index is -0.233. The van der Waals surface area contributed by atoms with Crippen molar-refractivity contribution < 1.29 is 4.79 Å². The Morgan fingerprint density at radius 2 is 2.33 bits per heavy atom. The van der Waals surface area contributed by atoms with E-state index in [1.165, 1.54) is 11.5 Å². The number of hydrogen-bond acceptors (Lipinski definition) is 6. The fourth-order valence-corrected chi connectivity index (χ4v) is 2.70. The molecule has 7 nitrogen and oxygen atoms in total. The smallest absolute Gasteiger partial charge is 0.271 e. The van der Waals surface area contributed by atoms with Crippen molar-refractivity contribution in [2.24, 2.45) is 0 Å². The summed E-state index contributed by atoms with van der Waals surface area (Å²) in [4.78, 5) is 21.4. The second kappa shape index (κ2) is 5.57. The molecular weight excluding hydrogens is 288 g/mol. The van der Waals surface area contributed by atoms with Gasteiger partial charge in [0.25, 0.3) is 5.91 Å². The zero-order valence-corrected chi connectivity index (χ0v) is 12.5. The van der Waals surface area contributed by atoms with Crippen molar-refractivity contribution in [3.8, 4) is 0 Å². The molecule has 8 heteroatoms. The molecule has 0 aliphatic rings. The molecule has 3 rings (SSSR count). The van der Waals surface area contributed by atoms with Gasteiger partial charge in [0, 0.05) is 18.6 Å². The Hall–Kier alpha value is -2.35. The minimum Gasteiger partial charge on any atom is -0.346 e. The van der Waals surface area contributed by atoms with Gasteiger partial charge in [0.05, 0.1) is 17.1 Å². The van der Waals surface area contributed by atoms with E-state index in [-0.39, 0.29) is 11.8 Å². The van der Waals surface area contributed by atoms with Gasteiger partial charge in [0.2, 0.25) is 5.78 Å². The first-order chi connectivity index (χ1) is 10.1. The highest BCUT2D eigenvalue weighted by Gasteiger charge is 2.15. The number of nitrogens with zero attached hydrogens (tertiary/aromatic N) is 5. The van der Waals surface area contributed by atoms with Gasteiger partial charge in [-0.3, -0.25) is 9.20 Å². The van der Waals surface area contributed by atoms with Crippen LogP contribution in [0.3, 0.4) is 0 Å². The highest BCUT2D eigenvalue weighted by Crippen LogP contribution is 2.19. The number of fused-ring (bicyclic) bond motifs is 1. The highest BCUT2D eigenvalue weighted by atomic mass is 32.1. The Balaban J connectivity index is 1.73. The van der Waals surface area contributed by atoms with Gasteiger partial charge >= 0.3 is 0 Å². The van der Waals surface area contributed by atoms with Crippen LogP contribution in [0.4, 0.5) is 0 Å². The summed E-state index contributed by atoms with van der Waals surface area (Å²) in [6.45, 7) is 4.51. The van der Waals surface area contributed by atoms with E-state index in [0.29, 0.717) is 18.0 Å². The predicted octanol–water partition coefficient (Wildman–Crippen LogP) is 1.63. The first-order valence-corrected chi connectivity index (χ1v) is 7.31. The van der Waals surface area contributed by atoms with Crippen LogP contribution in [-0.2, 0) is 6.54 Å². The van der Waals surface area contributed by atoms with E-state index in [9.17, 15) is 4.79 Å². The molecule has 108 valence electrons. The molecule has 0 aliphatic heterocycles. The maximum Gasteiger partial charge on any atom is 0.271 e. The Kier molecular flexibility index (Phi) is 3.61. The summed E-state index contributed by atoms with van der Waals surface area (Å²) in [6, 6.07) is 1.79. The Morgan fingerprint density at radius 3 is 3.10 bits per heavy atom. The first-order valence-electron chi connectivity index (χ1n) is 6.54. The lowest BCUT2D eigenvalue weighted by molar-refractivity contribution is 0.0947. The minimum absolute atomic E-state index is 0.233. The topological polar surface area (TPSA) is 85.1 Å². The van der Waals surface area contributed by atoms with E-state index < -0.39 is 0 Å². The lowest BCUT2D eigenvalue weighted by atomic mass is 10.1. The lowest BCUT2D eigenvalue weighted by Gasteiger charge is -2.04. The maximum atomic E-state index is 12.1. The molecule has 0 radical (unpaired) electrons. The lowest BCUT2D eigenvalue weighted by Crippen LogP contribution is -2.23. The SMILES string of the molecule is CC(C)c1nnsc1CNC(=O)c1cn2cccnc2n1. The number of aromatic nitrogens is 5. The highest BCUT2D eigenvalue weighted by molar-refractivity contribution is 7.05. The predicted molar refractivity (Wildman–Crippen MR) is 78.2 cm³/mol. The fraction of sp³-hybridized carbons (Fsp3) is 0.308. The zero-order chi connectivity index (χ0) is 14.8. The third-order valence-corrected chi connectivity index (χ3v) is 3.75. The van der Waals surface area contributed by atoms with Crippen molar-refractivity contribution in [2.75, 3.05) is 0 Å². The summed E-state index contributed by atoms with van der Waals surface area (Å²) < 4.78 is 5.65. The molecule has 0 spiro atoms. The molecule has 0 unspecified atom stereocenters. The summed E-state index contributed by atoms with van der Waals surface area (Å²) in [5, 5.41) is 6.93. The van der Waals surface area contributed by atoms with Gasteiger partial charge in [-0.05, 0) is 23.5 Å². The van der Waals surface area contributed by atoms with Gasteiger partial charge in [0.1, 0.15) is 5.69 Å². The van der Waals surface area contributed by atoms with Crippen molar-refractivity contribution in [3.05, 3.63) is 40.9 Å². The second-order valence-electron chi connectivity index (χ2n) is 4.87. The molecule has 0 saturated heterocycles. The Labute approximate surface area is 125 Å². The van der Waals surface area contributed by atoms with E-state index in [4.69, 9.17) is 0 Å². The van der Waals surface area contributed by atoms with Crippen LogP contribution >= 0.6 is 11.5 Å². The maximum absolute atomic E-state index is 12.1. The van der Waals surface area contributed by atoms with Crippen LogP contribution in [0, 0.1) is 0 Å². The summed E-state index contributed by atoms with van der Waals surface area (Å²) in [5.41, 5.74) is 1.27. The second-order valence-corrected chi connectivity index (χ2v) is 5.71. The average molecular weight is 302 g/mol. The molecule has 0 saturated carbocycles. The average Bonchev–Trinajstić information content (AvgIpc) is 3.10. The molecule has 0 atom stereocenters. The normalized spacial score (nSPS) is 11.2. The quantitative estimate of drug-likeness (QED) is 0.792. The monoisotopic (exact) mass is 302 g/mol. The first kappa shape index (κ1) is 13.6. The van der Waals surface area contributed by atoms with Gasteiger partial charge in [-0.2, -0.15) is 0 Å². The van der Waals surface area contributed by atoms with Crippen LogP contribution in [0.15, 0.2) is 24.7 Å².